The van der Waals surface area contributed by atoms with Crippen LogP contribution < -0.4 is 10.6 Å². The van der Waals surface area contributed by atoms with Gasteiger partial charge in [0.15, 0.2) is 0 Å². The molecular weight excluding hydrogens is 236 g/mol. The molecule has 2 unspecified atom stereocenters. The van der Waals surface area contributed by atoms with Crippen molar-refractivity contribution in [2.45, 2.75) is 32.9 Å². The largest absolute Gasteiger partial charge is 0.480 e. The van der Waals surface area contributed by atoms with Gasteiger partial charge in [-0.3, -0.25) is 0 Å². The van der Waals surface area contributed by atoms with Crippen LogP contribution in [0.4, 0.5) is 4.79 Å². The van der Waals surface area contributed by atoms with E-state index >= 15 is 0 Å². The van der Waals surface area contributed by atoms with E-state index in [1.54, 1.807) is 19.3 Å². The number of carboxylic acid groups (broad SMARTS) is 1. The van der Waals surface area contributed by atoms with Crippen molar-refractivity contribution >= 4 is 12.0 Å². The Balaban J connectivity index is 2.44. The molecule has 7 nitrogen and oxygen atoms in total. The maximum atomic E-state index is 11.5. The third-order valence-corrected chi connectivity index (χ3v) is 2.74. The zero-order valence-electron chi connectivity index (χ0n) is 10.4. The smallest absolute Gasteiger partial charge is 0.326 e. The summed E-state index contributed by atoms with van der Waals surface area (Å²) in [5.41, 5.74) is 0. The number of carboxylic acids is 1. The second-order valence-electron chi connectivity index (χ2n) is 4.06. The predicted molar refractivity (Wildman–Crippen MR) is 64.8 cm³/mol. The number of amides is 2. The van der Waals surface area contributed by atoms with E-state index in [4.69, 9.17) is 5.11 Å². The van der Waals surface area contributed by atoms with Gasteiger partial charge in [-0.15, -0.1) is 0 Å². The summed E-state index contributed by atoms with van der Waals surface area (Å²) in [6.45, 7) is 3.89. The van der Waals surface area contributed by atoms with E-state index in [0.717, 1.165) is 0 Å². The summed E-state index contributed by atoms with van der Waals surface area (Å²) in [7, 11) is 0. The number of carbonyl (C=O) groups is 2. The van der Waals surface area contributed by atoms with Crippen molar-refractivity contribution in [1.29, 1.82) is 0 Å². The molecule has 4 N–H and O–H groups in total. The van der Waals surface area contributed by atoms with Gasteiger partial charge in [0.2, 0.25) is 0 Å². The molecular formula is C11H18N4O3. The molecule has 0 aliphatic heterocycles. The molecule has 0 bridgehead atoms. The van der Waals surface area contributed by atoms with E-state index in [9.17, 15) is 9.59 Å². The van der Waals surface area contributed by atoms with E-state index in [2.05, 4.69) is 20.6 Å². The second kappa shape index (κ2) is 6.63. The van der Waals surface area contributed by atoms with Gasteiger partial charge in [0, 0.05) is 12.4 Å². The number of aliphatic carboxylic acids is 1. The molecule has 0 aliphatic carbocycles. The van der Waals surface area contributed by atoms with Gasteiger partial charge in [-0.05, 0) is 5.92 Å². The summed E-state index contributed by atoms with van der Waals surface area (Å²) < 4.78 is 0. The average Bonchev–Trinajstić information content (AvgIpc) is 2.85. The molecule has 2 amide bonds. The number of urea groups is 1. The Hall–Kier alpha value is -2.05. The lowest BCUT2D eigenvalue weighted by Crippen LogP contribution is -2.48. The molecule has 0 aliphatic rings. The molecule has 0 saturated heterocycles. The fourth-order valence-corrected chi connectivity index (χ4v) is 1.43. The highest BCUT2D eigenvalue weighted by molar-refractivity contribution is 5.82. The molecule has 0 aromatic carbocycles. The number of carbonyl (C=O) groups excluding carboxylic acids is 1. The first-order valence-corrected chi connectivity index (χ1v) is 5.80. The Labute approximate surface area is 105 Å². The summed E-state index contributed by atoms with van der Waals surface area (Å²) in [6.07, 6.45) is 3.90. The van der Waals surface area contributed by atoms with Crippen LogP contribution in [0, 0.1) is 5.92 Å². The predicted octanol–water partition coefficient (Wildman–Crippen LogP) is 0.708. The summed E-state index contributed by atoms with van der Waals surface area (Å²) >= 11 is 0. The van der Waals surface area contributed by atoms with Crippen molar-refractivity contribution in [3.8, 4) is 0 Å². The lowest BCUT2D eigenvalue weighted by molar-refractivity contribution is -0.140. The van der Waals surface area contributed by atoms with Gasteiger partial charge >= 0.3 is 12.0 Å². The fourth-order valence-electron chi connectivity index (χ4n) is 1.43. The third kappa shape index (κ3) is 4.08. The van der Waals surface area contributed by atoms with Crippen LogP contribution in [0.15, 0.2) is 12.4 Å². The number of imidazole rings is 1. The van der Waals surface area contributed by atoms with E-state index in [1.165, 1.54) is 0 Å². The number of aromatic nitrogens is 2. The summed E-state index contributed by atoms with van der Waals surface area (Å²) in [4.78, 5) is 29.3. The molecule has 1 heterocycles. The molecule has 1 aromatic heterocycles. The monoisotopic (exact) mass is 254 g/mol. The minimum Gasteiger partial charge on any atom is -0.480 e. The van der Waals surface area contributed by atoms with Crippen molar-refractivity contribution < 1.29 is 14.7 Å². The lowest BCUT2D eigenvalue weighted by atomic mass is 9.99. The number of nitrogens with zero attached hydrogens (tertiary/aromatic N) is 1. The molecule has 0 fully saturated rings. The second-order valence-corrected chi connectivity index (χ2v) is 4.06. The zero-order chi connectivity index (χ0) is 13.5. The van der Waals surface area contributed by atoms with Crippen molar-refractivity contribution in [3.63, 3.8) is 0 Å². The number of nitrogens with one attached hydrogen (secondary N) is 3. The molecule has 0 saturated carbocycles. The SMILES string of the molecule is CCC(C)C(NC(=O)NCc1ncc[nH]1)C(=O)O. The number of hydrogen-bond donors (Lipinski definition) is 4. The highest BCUT2D eigenvalue weighted by Crippen LogP contribution is 2.07. The first-order chi connectivity index (χ1) is 8.54. The van der Waals surface area contributed by atoms with Gasteiger partial charge in [0.1, 0.15) is 11.9 Å². The van der Waals surface area contributed by atoms with E-state index in [1.807, 2.05) is 6.92 Å². The van der Waals surface area contributed by atoms with Crippen LogP contribution in [-0.2, 0) is 11.3 Å². The Bertz CT molecular complexity index is 391. The summed E-state index contributed by atoms with van der Waals surface area (Å²) in [5.74, 6) is -0.546. The third-order valence-electron chi connectivity index (χ3n) is 2.74. The Morgan fingerprint density at radius 2 is 2.28 bits per heavy atom. The van der Waals surface area contributed by atoms with Crippen LogP contribution >= 0.6 is 0 Å². The average molecular weight is 254 g/mol. The molecule has 0 spiro atoms. The Morgan fingerprint density at radius 1 is 1.56 bits per heavy atom. The van der Waals surface area contributed by atoms with E-state index in [0.29, 0.717) is 12.2 Å². The first kappa shape index (κ1) is 14.0. The van der Waals surface area contributed by atoms with Gasteiger partial charge in [0.25, 0.3) is 0 Å². The van der Waals surface area contributed by atoms with Gasteiger partial charge in [0.05, 0.1) is 6.54 Å². The Morgan fingerprint density at radius 3 is 2.78 bits per heavy atom. The number of H-pyrrole nitrogens is 1. The molecule has 1 aromatic rings. The standard InChI is InChI=1S/C11H18N4O3/c1-3-7(2)9(10(16)17)15-11(18)14-6-8-12-4-5-13-8/h4-5,7,9H,3,6H2,1-2H3,(H,12,13)(H,16,17)(H2,14,15,18). The Kier molecular flexibility index (Phi) is 5.16. The van der Waals surface area contributed by atoms with Crippen LogP contribution in [0.2, 0.25) is 0 Å². The topological polar surface area (TPSA) is 107 Å². The van der Waals surface area contributed by atoms with Crippen LogP contribution in [0.25, 0.3) is 0 Å². The van der Waals surface area contributed by atoms with Gasteiger partial charge in [-0.25, -0.2) is 14.6 Å². The molecule has 100 valence electrons. The summed E-state index contributed by atoms with van der Waals surface area (Å²) in [5, 5.41) is 14.0. The minimum absolute atomic E-state index is 0.128. The lowest BCUT2D eigenvalue weighted by Gasteiger charge is -2.20. The molecule has 7 heteroatoms. The number of hydrogen-bond acceptors (Lipinski definition) is 3. The molecule has 1 rings (SSSR count). The maximum Gasteiger partial charge on any atom is 0.326 e. The van der Waals surface area contributed by atoms with Crippen LogP contribution in [-0.4, -0.2) is 33.1 Å². The highest BCUT2D eigenvalue weighted by atomic mass is 16.4. The minimum atomic E-state index is -1.03. The van der Waals surface area contributed by atoms with Gasteiger partial charge in [-0.1, -0.05) is 20.3 Å². The number of aromatic amines is 1. The maximum absolute atomic E-state index is 11.5. The van der Waals surface area contributed by atoms with Crippen LogP contribution in [0.3, 0.4) is 0 Å². The zero-order valence-corrected chi connectivity index (χ0v) is 10.4. The number of rotatable bonds is 6. The van der Waals surface area contributed by atoms with E-state index < -0.39 is 18.0 Å². The van der Waals surface area contributed by atoms with Gasteiger partial charge in [-0.2, -0.15) is 0 Å². The highest BCUT2D eigenvalue weighted by Gasteiger charge is 2.25. The molecule has 2 atom stereocenters. The normalized spacial score (nSPS) is 13.7. The molecule has 0 radical (unpaired) electrons. The van der Waals surface area contributed by atoms with Crippen molar-refractivity contribution in [2.75, 3.05) is 0 Å². The van der Waals surface area contributed by atoms with Crippen LogP contribution in [0.5, 0.6) is 0 Å². The quantitative estimate of drug-likeness (QED) is 0.599. The first-order valence-electron chi connectivity index (χ1n) is 5.80. The van der Waals surface area contributed by atoms with Crippen LogP contribution in [0.1, 0.15) is 26.1 Å². The summed E-state index contributed by atoms with van der Waals surface area (Å²) in [6, 6.07) is -1.40. The molecule has 18 heavy (non-hydrogen) atoms. The van der Waals surface area contributed by atoms with Crippen molar-refractivity contribution in [3.05, 3.63) is 18.2 Å². The fraction of sp³-hybridized carbons (Fsp3) is 0.545. The van der Waals surface area contributed by atoms with Crippen molar-refractivity contribution in [1.82, 2.24) is 20.6 Å². The van der Waals surface area contributed by atoms with E-state index in [-0.39, 0.29) is 12.5 Å². The van der Waals surface area contributed by atoms with Gasteiger partial charge < -0.3 is 20.7 Å². The van der Waals surface area contributed by atoms with Crippen molar-refractivity contribution in [2.24, 2.45) is 5.92 Å².